The van der Waals surface area contributed by atoms with Crippen LogP contribution in [0, 0.1) is 0 Å². The number of benzene rings is 2. The molecule has 2 aliphatic rings. The van der Waals surface area contributed by atoms with E-state index in [0.29, 0.717) is 24.3 Å². The number of Topliss-reactive ketones (excluding diaryl/α,β-unsaturated/α-hetero) is 1. The first-order valence-corrected chi connectivity index (χ1v) is 8.34. The van der Waals surface area contributed by atoms with Crippen LogP contribution in [0.15, 0.2) is 60.2 Å². The number of carbonyl (C=O) groups excluding carboxylic acids is 1. The molecule has 0 saturated carbocycles. The molecule has 0 aliphatic carbocycles. The van der Waals surface area contributed by atoms with Crippen LogP contribution < -0.4 is 0 Å². The third kappa shape index (κ3) is 2.64. The minimum absolute atomic E-state index is 0.315. The molecule has 0 aromatic heterocycles. The molecule has 2 nitrogen and oxygen atoms in total. The zero-order valence-corrected chi connectivity index (χ0v) is 13.4. The van der Waals surface area contributed by atoms with Gasteiger partial charge in [0, 0.05) is 24.1 Å². The van der Waals surface area contributed by atoms with Crippen LogP contribution in [0.3, 0.4) is 0 Å². The van der Waals surface area contributed by atoms with Gasteiger partial charge in [0.15, 0.2) is 5.78 Å². The number of fused-ring (bicyclic) bond motifs is 2. The summed E-state index contributed by atoms with van der Waals surface area (Å²) in [6.07, 6.45) is 5.04. The average Bonchev–Trinajstić information content (AvgIpc) is 2.85. The zero-order valence-electron chi connectivity index (χ0n) is 13.4. The second-order valence-electron chi connectivity index (χ2n) is 6.63. The van der Waals surface area contributed by atoms with Crippen molar-refractivity contribution in [1.82, 2.24) is 4.90 Å². The minimum Gasteiger partial charge on any atom is -0.296 e. The van der Waals surface area contributed by atoms with Crippen LogP contribution in [0.2, 0.25) is 0 Å². The standard InChI is InChI=1S/C21H21NO/c1-22-18-11-12-20(22)19(21(23)14-18)13-15-7-9-17(10-8-15)16-5-3-2-4-6-16/h2-10,13,18,20H,11-12,14H2,1H3/b19-13+/t18-,20+/m0/s1. The van der Waals surface area contributed by atoms with Crippen molar-refractivity contribution in [2.75, 3.05) is 7.05 Å². The molecule has 4 rings (SSSR count). The van der Waals surface area contributed by atoms with E-state index in [1.807, 2.05) is 6.07 Å². The molecule has 2 aliphatic heterocycles. The van der Waals surface area contributed by atoms with Crippen LogP contribution in [0.1, 0.15) is 24.8 Å². The summed E-state index contributed by atoms with van der Waals surface area (Å²) in [6, 6.07) is 19.6. The predicted octanol–water partition coefficient (Wildman–Crippen LogP) is 4.17. The Kier molecular flexibility index (Phi) is 3.62. The molecule has 2 bridgehead atoms. The molecule has 2 aromatic rings. The Labute approximate surface area is 137 Å². The van der Waals surface area contributed by atoms with Gasteiger partial charge in [-0.15, -0.1) is 0 Å². The summed E-state index contributed by atoms with van der Waals surface area (Å²) in [5.41, 5.74) is 4.54. The second-order valence-corrected chi connectivity index (χ2v) is 6.63. The van der Waals surface area contributed by atoms with Crippen LogP contribution in [0.25, 0.3) is 17.2 Å². The quantitative estimate of drug-likeness (QED) is 0.776. The van der Waals surface area contributed by atoms with Crippen LogP contribution in [-0.4, -0.2) is 29.8 Å². The maximum absolute atomic E-state index is 12.4. The summed E-state index contributed by atoms with van der Waals surface area (Å²) in [5, 5.41) is 0. The highest BCUT2D eigenvalue weighted by molar-refractivity contribution is 6.02. The van der Waals surface area contributed by atoms with Crippen molar-refractivity contribution in [1.29, 1.82) is 0 Å². The summed E-state index contributed by atoms with van der Waals surface area (Å²) >= 11 is 0. The average molecular weight is 303 g/mol. The molecule has 2 atom stereocenters. The summed E-state index contributed by atoms with van der Waals surface area (Å²) in [5.74, 6) is 0.336. The third-order valence-corrected chi connectivity index (χ3v) is 5.28. The number of likely N-dealkylation sites (N-methyl/N-ethyl adjacent to an activating group) is 1. The lowest BCUT2D eigenvalue weighted by molar-refractivity contribution is -0.118. The van der Waals surface area contributed by atoms with E-state index in [2.05, 4.69) is 66.6 Å². The molecular weight excluding hydrogens is 282 g/mol. The van der Waals surface area contributed by atoms with Gasteiger partial charge in [-0.3, -0.25) is 9.69 Å². The van der Waals surface area contributed by atoms with Gasteiger partial charge in [-0.2, -0.15) is 0 Å². The molecule has 0 N–H and O–H groups in total. The first kappa shape index (κ1) is 14.4. The summed E-state index contributed by atoms with van der Waals surface area (Å²) in [6.45, 7) is 0. The third-order valence-electron chi connectivity index (χ3n) is 5.28. The van der Waals surface area contributed by atoms with Crippen LogP contribution in [-0.2, 0) is 4.79 Å². The van der Waals surface area contributed by atoms with Crippen molar-refractivity contribution < 1.29 is 4.79 Å². The molecule has 2 heteroatoms. The van der Waals surface area contributed by atoms with E-state index in [0.717, 1.165) is 24.0 Å². The van der Waals surface area contributed by atoms with E-state index in [1.165, 1.54) is 11.1 Å². The first-order valence-electron chi connectivity index (χ1n) is 8.34. The van der Waals surface area contributed by atoms with Crippen molar-refractivity contribution in [3.8, 4) is 11.1 Å². The number of ketones is 1. The van der Waals surface area contributed by atoms with E-state index >= 15 is 0 Å². The van der Waals surface area contributed by atoms with E-state index in [9.17, 15) is 4.79 Å². The van der Waals surface area contributed by atoms with Crippen LogP contribution >= 0.6 is 0 Å². The van der Waals surface area contributed by atoms with Crippen molar-refractivity contribution in [2.24, 2.45) is 0 Å². The number of nitrogens with zero attached hydrogens (tertiary/aromatic N) is 1. The number of hydrogen-bond acceptors (Lipinski definition) is 2. The lowest BCUT2D eigenvalue weighted by Gasteiger charge is -2.32. The van der Waals surface area contributed by atoms with Gasteiger partial charge in [-0.05, 0) is 42.7 Å². The molecule has 2 aromatic carbocycles. The normalized spacial score (nSPS) is 26.0. The van der Waals surface area contributed by atoms with Gasteiger partial charge in [-0.25, -0.2) is 0 Å². The van der Waals surface area contributed by atoms with E-state index in [4.69, 9.17) is 0 Å². The topological polar surface area (TPSA) is 20.3 Å². The number of rotatable bonds is 2. The molecular formula is C21H21NO. The molecule has 0 radical (unpaired) electrons. The van der Waals surface area contributed by atoms with E-state index in [-0.39, 0.29) is 0 Å². The predicted molar refractivity (Wildman–Crippen MR) is 94.1 cm³/mol. The Hall–Kier alpha value is -2.19. The van der Waals surface area contributed by atoms with E-state index in [1.54, 1.807) is 0 Å². The zero-order chi connectivity index (χ0) is 15.8. The van der Waals surface area contributed by atoms with E-state index < -0.39 is 0 Å². The van der Waals surface area contributed by atoms with Gasteiger partial charge in [0.2, 0.25) is 0 Å². The lowest BCUT2D eigenvalue weighted by Crippen LogP contribution is -2.41. The summed E-state index contributed by atoms with van der Waals surface area (Å²) in [7, 11) is 2.15. The molecule has 0 unspecified atom stereocenters. The molecule has 0 amide bonds. The summed E-state index contributed by atoms with van der Waals surface area (Å²) in [4.78, 5) is 14.8. The lowest BCUT2D eigenvalue weighted by atomic mass is 9.93. The van der Waals surface area contributed by atoms with Gasteiger partial charge < -0.3 is 0 Å². The molecule has 116 valence electrons. The van der Waals surface area contributed by atoms with Gasteiger partial charge in [0.1, 0.15) is 0 Å². The van der Waals surface area contributed by atoms with Gasteiger partial charge in [-0.1, -0.05) is 54.6 Å². The second kappa shape index (κ2) is 5.78. The fourth-order valence-corrected chi connectivity index (χ4v) is 3.91. The molecule has 2 saturated heterocycles. The minimum atomic E-state index is 0.315. The van der Waals surface area contributed by atoms with Gasteiger partial charge in [0.25, 0.3) is 0 Å². The largest absolute Gasteiger partial charge is 0.296 e. The Morgan fingerprint density at radius 3 is 2.39 bits per heavy atom. The monoisotopic (exact) mass is 303 g/mol. The number of hydrogen-bond donors (Lipinski definition) is 0. The number of piperidine rings is 1. The maximum atomic E-state index is 12.4. The Balaban J connectivity index is 1.62. The van der Waals surface area contributed by atoms with Crippen molar-refractivity contribution in [3.05, 3.63) is 65.7 Å². The smallest absolute Gasteiger partial charge is 0.162 e. The van der Waals surface area contributed by atoms with Crippen molar-refractivity contribution in [2.45, 2.75) is 31.3 Å². The van der Waals surface area contributed by atoms with Gasteiger partial charge >= 0.3 is 0 Å². The van der Waals surface area contributed by atoms with Crippen molar-refractivity contribution in [3.63, 3.8) is 0 Å². The van der Waals surface area contributed by atoms with Gasteiger partial charge in [0.05, 0.1) is 0 Å². The highest BCUT2D eigenvalue weighted by Crippen LogP contribution is 2.36. The Morgan fingerprint density at radius 2 is 1.65 bits per heavy atom. The van der Waals surface area contributed by atoms with Crippen LogP contribution in [0.5, 0.6) is 0 Å². The molecule has 2 fully saturated rings. The molecule has 2 heterocycles. The SMILES string of the molecule is CN1[C@H]2CC[C@@H]1/C(=C\c1ccc(-c3ccccc3)cc1)C(=O)C2. The summed E-state index contributed by atoms with van der Waals surface area (Å²) < 4.78 is 0. The highest BCUT2D eigenvalue weighted by Gasteiger charge is 2.41. The molecule has 23 heavy (non-hydrogen) atoms. The highest BCUT2D eigenvalue weighted by atomic mass is 16.1. The molecule has 0 spiro atoms. The first-order chi connectivity index (χ1) is 11.2. The van der Waals surface area contributed by atoms with Crippen molar-refractivity contribution >= 4 is 11.9 Å². The fourth-order valence-electron chi connectivity index (χ4n) is 3.91. The maximum Gasteiger partial charge on any atom is 0.162 e. The Morgan fingerprint density at radius 1 is 0.957 bits per heavy atom. The number of carbonyl (C=O) groups is 1. The fraction of sp³-hybridized carbons (Fsp3) is 0.286. The van der Waals surface area contributed by atoms with Crippen LogP contribution in [0.4, 0.5) is 0 Å². The Bertz CT molecular complexity index is 745.